The Balaban J connectivity index is 1.45. The second kappa shape index (κ2) is 6.50. The molecule has 9 heteroatoms. The minimum Gasteiger partial charge on any atom is -0.454 e. The first-order valence-corrected chi connectivity index (χ1v) is 9.44. The number of nitrogens with zero attached hydrogens (tertiary/aromatic N) is 1. The molecular formula is C17H16N2O6S. The second-order valence-corrected chi connectivity index (χ2v) is 7.54. The van der Waals surface area contributed by atoms with E-state index in [4.69, 9.17) is 14.2 Å². The van der Waals surface area contributed by atoms with Crippen molar-refractivity contribution in [1.29, 1.82) is 0 Å². The molecule has 0 radical (unpaired) electrons. The van der Waals surface area contributed by atoms with Crippen LogP contribution >= 0.6 is 0 Å². The van der Waals surface area contributed by atoms with Crippen molar-refractivity contribution in [2.75, 3.05) is 24.8 Å². The maximum Gasteiger partial charge on any atom is 0.414 e. The number of rotatable bonds is 5. The number of benzene rings is 2. The molecule has 2 aliphatic heterocycles. The zero-order chi connectivity index (χ0) is 18.1. The van der Waals surface area contributed by atoms with Gasteiger partial charge in [0.15, 0.2) is 11.5 Å². The molecule has 4 rings (SSSR count). The fraction of sp³-hybridized carbons (Fsp3) is 0.235. The van der Waals surface area contributed by atoms with Crippen LogP contribution in [0, 0.1) is 0 Å². The van der Waals surface area contributed by atoms with Crippen LogP contribution in [0.5, 0.6) is 11.5 Å². The number of cyclic esters (lactones) is 1. The highest BCUT2D eigenvalue weighted by atomic mass is 32.2. The van der Waals surface area contributed by atoms with Crippen LogP contribution < -0.4 is 19.1 Å². The molecule has 0 atom stereocenters. The first-order valence-electron chi connectivity index (χ1n) is 7.95. The van der Waals surface area contributed by atoms with Crippen LogP contribution in [0.15, 0.2) is 47.4 Å². The minimum absolute atomic E-state index is 0.120. The van der Waals surface area contributed by atoms with E-state index in [0.717, 1.165) is 5.56 Å². The van der Waals surface area contributed by atoms with Crippen molar-refractivity contribution in [1.82, 2.24) is 4.72 Å². The van der Waals surface area contributed by atoms with Gasteiger partial charge in [-0.1, -0.05) is 6.07 Å². The molecular weight excluding hydrogens is 360 g/mol. The van der Waals surface area contributed by atoms with E-state index >= 15 is 0 Å². The van der Waals surface area contributed by atoms with Crippen molar-refractivity contribution in [2.24, 2.45) is 0 Å². The van der Waals surface area contributed by atoms with Gasteiger partial charge in [0.1, 0.15) is 6.61 Å². The average Bonchev–Trinajstić information content (AvgIpc) is 3.28. The van der Waals surface area contributed by atoms with Crippen LogP contribution in [0.2, 0.25) is 0 Å². The SMILES string of the molecule is O=C1OCCN1c1ccc(S(=O)(=O)NCc2ccc3c(c2)OCO3)cc1. The van der Waals surface area contributed by atoms with Crippen molar-refractivity contribution < 1.29 is 27.4 Å². The number of carbonyl (C=O) groups excluding carboxylic acids is 1. The van der Waals surface area contributed by atoms with Crippen LogP contribution in [0.1, 0.15) is 5.56 Å². The van der Waals surface area contributed by atoms with Crippen molar-refractivity contribution in [3.8, 4) is 11.5 Å². The van der Waals surface area contributed by atoms with E-state index < -0.39 is 16.1 Å². The Labute approximate surface area is 150 Å². The zero-order valence-electron chi connectivity index (χ0n) is 13.7. The summed E-state index contributed by atoms with van der Waals surface area (Å²) in [7, 11) is -3.68. The second-order valence-electron chi connectivity index (χ2n) is 5.77. The van der Waals surface area contributed by atoms with Gasteiger partial charge in [0.05, 0.1) is 11.4 Å². The van der Waals surface area contributed by atoms with Crippen LogP contribution in [0.3, 0.4) is 0 Å². The molecule has 2 aromatic rings. The molecule has 0 bridgehead atoms. The summed E-state index contributed by atoms with van der Waals surface area (Å²) in [5.41, 5.74) is 1.36. The van der Waals surface area contributed by atoms with Crippen molar-refractivity contribution in [3.63, 3.8) is 0 Å². The lowest BCUT2D eigenvalue weighted by Gasteiger charge is -2.13. The Hall–Kier alpha value is -2.78. The van der Waals surface area contributed by atoms with E-state index in [1.165, 1.54) is 17.0 Å². The molecule has 0 saturated carbocycles. The topological polar surface area (TPSA) is 94.2 Å². The standard InChI is InChI=1S/C17H16N2O6S/c20-17-19(7-8-23-17)13-2-4-14(5-3-13)26(21,22)18-10-12-1-6-15-16(9-12)25-11-24-15/h1-6,9,18H,7-8,10-11H2. The molecule has 136 valence electrons. The maximum absolute atomic E-state index is 12.5. The third-order valence-corrected chi connectivity index (χ3v) is 5.54. The molecule has 1 amide bonds. The molecule has 2 aromatic carbocycles. The van der Waals surface area contributed by atoms with Gasteiger partial charge in [-0.25, -0.2) is 17.9 Å². The van der Waals surface area contributed by atoms with Gasteiger partial charge in [-0.2, -0.15) is 0 Å². The number of nitrogens with one attached hydrogen (secondary N) is 1. The van der Waals surface area contributed by atoms with Gasteiger partial charge in [-0.3, -0.25) is 4.90 Å². The molecule has 26 heavy (non-hydrogen) atoms. The summed E-state index contributed by atoms with van der Waals surface area (Å²) in [5.74, 6) is 1.25. The van der Waals surface area contributed by atoms with Gasteiger partial charge in [0.2, 0.25) is 16.8 Å². The van der Waals surface area contributed by atoms with Crippen LogP contribution in [0.25, 0.3) is 0 Å². The van der Waals surface area contributed by atoms with Gasteiger partial charge in [0, 0.05) is 12.2 Å². The summed E-state index contributed by atoms with van der Waals surface area (Å²) >= 11 is 0. The Morgan fingerprint density at radius 2 is 1.77 bits per heavy atom. The number of hydrogen-bond acceptors (Lipinski definition) is 6. The third-order valence-electron chi connectivity index (χ3n) is 4.12. The Morgan fingerprint density at radius 1 is 1.00 bits per heavy atom. The number of sulfonamides is 1. The number of anilines is 1. The number of fused-ring (bicyclic) bond motifs is 1. The Bertz CT molecular complexity index is 942. The Kier molecular flexibility index (Phi) is 4.17. The van der Waals surface area contributed by atoms with Gasteiger partial charge < -0.3 is 14.2 Å². The van der Waals surface area contributed by atoms with E-state index in [1.807, 2.05) is 0 Å². The van der Waals surface area contributed by atoms with E-state index in [1.54, 1.807) is 30.3 Å². The molecule has 0 unspecified atom stereocenters. The predicted molar refractivity (Wildman–Crippen MR) is 91.7 cm³/mol. The van der Waals surface area contributed by atoms with Gasteiger partial charge in [-0.15, -0.1) is 0 Å². The Morgan fingerprint density at radius 3 is 2.50 bits per heavy atom. The summed E-state index contributed by atoms with van der Waals surface area (Å²) in [5, 5.41) is 0. The van der Waals surface area contributed by atoms with E-state index in [0.29, 0.717) is 30.3 Å². The summed E-state index contributed by atoms with van der Waals surface area (Å²) in [6.45, 7) is 1.07. The van der Waals surface area contributed by atoms with Crippen LogP contribution in [-0.4, -0.2) is 34.5 Å². The molecule has 2 heterocycles. The van der Waals surface area contributed by atoms with Crippen LogP contribution in [-0.2, 0) is 21.3 Å². The van der Waals surface area contributed by atoms with Gasteiger partial charge in [-0.05, 0) is 42.0 Å². The molecule has 0 aromatic heterocycles. The van der Waals surface area contributed by atoms with E-state index in [-0.39, 0.29) is 18.2 Å². The predicted octanol–water partition coefficient (Wildman–Crippen LogP) is 1.85. The lowest BCUT2D eigenvalue weighted by atomic mass is 10.2. The third kappa shape index (κ3) is 3.18. The van der Waals surface area contributed by atoms with Gasteiger partial charge >= 0.3 is 6.09 Å². The largest absolute Gasteiger partial charge is 0.454 e. The first-order chi connectivity index (χ1) is 12.5. The van der Waals surface area contributed by atoms with E-state index in [2.05, 4.69) is 4.72 Å². The number of carbonyl (C=O) groups is 1. The van der Waals surface area contributed by atoms with Crippen molar-refractivity contribution in [2.45, 2.75) is 11.4 Å². The molecule has 1 N–H and O–H groups in total. The normalized spacial score (nSPS) is 16.0. The lowest BCUT2D eigenvalue weighted by Crippen LogP contribution is -2.24. The smallest absolute Gasteiger partial charge is 0.414 e. The zero-order valence-corrected chi connectivity index (χ0v) is 14.5. The fourth-order valence-corrected chi connectivity index (χ4v) is 3.76. The minimum atomic E-state index is -3.68. The lowest BCUT2D eigenvalue weighted by molar-refractivity contribution is 0.174. The number of hydrogen-bond donors (Lipinski definition) is 1. The summed E-state index contributed by atoms with van der Waals surface area (Å²) in [4.78, 5) is 13.1. The fourth-order valence-electron chi connectivity index (χ4n) is 2.75. The maximum atomic E-state index is 12.5. The number of ether oxygens (including phenoxy) is 3. The molecule has 1 saturated heterocycles. The van der Waals surface area contributed by atoms with Crippen molar-refractivity contribution >= 4 is 21.8 Å². The quantitative estimate of drug-likeness (QED) is 0.856. The molecule has 2 aliphatic rings. The molecule has 0 spiro atoms. The monoisotopic (exact) mass is 376 g/mol. The highest BCUT2D eigenvalue weighted by Gasteiger charge is 2.24. The summed E-state index contributed by atoms with van der Waals surface area (Å²) in [6.07, 6.45) is -0.429. The number of amides is 1. The highest BCUT2D eigenvalue weighted by molar-refractivity contribution is 7.89. The average molecular weight is 376 g/mol. The highest BCUT2D eigenvalue weighted by Crippen LogP contribution is 2.32. The van der Waals surface area contributed by atoms with Crippen molar-refractivity contribution in [3.05, 3.63) is 48.0 Å². The molecule has 0 aliphatic carbocycles. The first kappa shape index (κ1) is 16.7. The van der Waals surface area contributed by atoms with E-state index in [9.17, 15) is 13.2 Å². The van der Waals surface area contributed by atoms with Gasteiger partial charge in [0.25, 0.3) is 0 Å². The summed E-state index contributed by atoms with van der Waals surface area (Å²) in [6, 6.07) is 11.4. The van der Waals surface area contributed by atoms with Crippen LogP contribution in [0.4, 0.5) is 10.5 Å². The molecule has 8 nitrogen and oxygen atoms in total. The summed E-state index contributed by atoms with van der Waals surface area (Å²) < 4.78 is 42.9. The molecule has 1 fully saturated rings.